The molecule has 1 saturated heterocycles. The van der Waals surface area contributed by atoms with Gasteiger partial charge in [-0.2, -0.15) is 11.3 Å². The van der Waals surface area contributed by atoms with Gasteiger partial charge in [-0.15, -0.1) is 0 Å². The molecule has 1 amide bonds. The van der Waals surface area contributed by atoms with Crippen molar-refractivity contribution in [1.29, 1.82) is 0 Å². The molecule has 1 aliphatic rings. The highest BCUT2D eigenvalue weighted by atomic mass is 32.1. The van der Waals surface area contributed by atoms with Gasteiger partial charge in [0.15, 0.2) is 0 Å². The van der Waals surface area contributed by atoms with E-state index in [9.17, 15) is 4.79 Å². The first-order valence-electron chi connectivity index (χ1n) is 6.78. The highest BCUT2D eigenvalue weighted by Gasteiger charge is 2.40. The third-order valence-corrected chi connectivity index (χ3v) is 4.37. The minimum atomic E-state index is -0.0603. The van der Waals surface area contributed by atoms with Crippen LogP contribution in [0, 0.1) is 0 Å². The molecule has 3 unspecified atom stereocenters. The van der Waals surface area contributed by atoms with E-state index in [0.29, 0.717) is 6.61 Å². The van der Waals surface area contributed by atoms with Gasteiger partial charge in [0.25, 0.3) is 0 Å². The first-order valence-corrected chi connectivity index (χ1v) is 7.72. The highest BCUT2D eigenvalue weighted by molar-refractivity contribution is 7.07. The van der Waals surface area contributed by atoms with Gasteiger partial charge in [-0.25, -0.2) is 0 Å². The van der Waals surface area contributed by atoms with E-state index in [4.69, 9.17) is 4.74 Å². The van der Waals surface area contributed by atoms with E-state index >= 15 is 0 Å². The number of hydrogen-bond donors (Lipinski definition) is 1. The molecule has 2 heterocycles. The molecule has 1 aliphatic heterocycles. The molecule has 1 aromatic rings. The van der Waals surface area contributed by atoms with Crippen LogP contribution in [0.25, 0.3) is 0 Å². The summed E-state index contributed by atoms with van der Waals surface area (Å²) >= 11 is 1.67. The van der Waals surface area contributed by atoms with E-state index in [0.717, 1.165) is 12.8 Å². The fraction of sp³-hybridized carbons (Fsp3) is 0.643. The molecular weight excluding hydrogens is 260 g/mol. The summed E-state index contributed by atoms with van der Waals surface area (Å²) in [7, 11) is 1.70. The average Bonchev–Trinajstić information content (AvgIpc) is 3.03. The Morgan fingerprint density at radius 2 is 2.37 bits per heavy atom. The Bertz CT molecular complexity index is 408. The van der Waals surface area contributed by atoms with Crippen LogP contribution in [0.2, 0.25) is 0 Å². The summed E-state index contributed by atoms with van der Waals surface area (Å²) in [6.07, 6.45) is 1.70. The summed E-state index contributed by atoms with van der Waals surface area (Å²) in [4.78, 5) is 14.5. The molecule has 3 atom stereocenters. The molecule has 5 heteroatoms. The zero-order valence-electron chi connectivity index (χ0n) is 11.8. The Morgan fingerprint density at radius 1 is 1.58 bits per heavy atom. The summed E-state index contributed by atoms with van der Waals surface area (Å²) in [5, 5.41) is 7.61. The van der Waals surface area contributed by atoms with E-state index in [1.807, 2.05) is 11.8 Å². The maximum Gasteiger partial charge on any atom is 0.241 e. The number of hydrogen-bond acceptors (Lipinski definition) is 4. The minimum absolute atomic E-state index is 0.00977. The Hall–Kier alpha value is -0.910. The number of ether oxygens (including phenoxy) is 1. The van der Waals surface area contributed by atoms with Crippen LogP contribution >= 0.6 is 11.3 Å². The Labute approximate surface area is 118 Å². The molecule has 0 spiro atoms. The lowest BCUT2D eigenvalue weighted by Crippen LogP contribution is -2.39. The SMILES string of the molecule is CCC1NC(c2ccsc2)N(C(C)CCOC)C1=O. The van der Waals surface area contributed by atoms with Crippen molar-refractivity contribution in [2.24, 2.45) is 0 Å². The topological polar surface area (TPSA) is 41.6 Å². The van der Waals surface area contributed by atoms with Crippen LogP contribution in [0.15, 0.2) is 16.8 Å². The van der Waals surface area contributed by atoms with E-state index in [-0.39, 0.29) is 24.2 Å². The zero-order chi connectivity index (χ0) is 13.8. The fourth-order valence-corrected chi connectivity index (χ4v) is 3.21. The molecule has 0 saturated carbocycles. The van der Waals surface area contributed by atoms with Crippen molar-refractivity contribution >= 4 is 17.2 Å². The number of carbonyl (C=O) groups is 1. The van der Waals surface area contributed by atoms with E-state index in [1.165, 1.54) is 5.56 Å². The molecule has 1 aromatic heterocycles. The van der Waals surface area contributed by atoms with Crippen molar-refractivity contribution < 1.29 is 9.53 Å². The maximum absolute atomic E-state index is 12.5. The van der Waals surface area contributed by atoms with Gasteiger partial charge in [-0.1, -0.05) is 6.92 Å². The average molecular weight is 282 g/mol. The first kappa shape index (κ1) is 14.5. The summed E-state index contributed by atoms with van der Waals surface area (Å²) in [6, 6.07) is 2.21. The van der Waals surface area contributed by atoms with Gasteiger partial charge >= 0.3 is 0 Å². The lowest BCUT2D eigenvalue weighted by atomic mass is 10.1. The number of methoxy groups -OCH3 is 1. The fourth-order valence-electron chi connectivity index (χ4n) is 2.53. The first-order chi connectivity index (χ1) is 9.19. The lowest BCUT2D eigenvalue weighted by Gasteiger charge is -2.30. The zero-order valence-corrected chi connectivity index (χ0v) is 12.6. The monoisotopic (exact) mass is 282 g/mol. The van der Waals surface area contributed by atoms with Gasteiger partial charge in [0.2, 0.25) is 5.91 Å². The van der Waals surface area contributed by atoms with Crippen molar-refractivity contribution in [2.75, 3.05) is 13.7 Å². The van der Waals surface area contributed by atoms with E-state index in [1.54, 1.807) is 18.4 Å². The normalized spacial score (nSPS) is 25.0. The van der Waals surface area contributed by atoms with Gasteiger partial charge in [0.05, 0.1) is 6.04 Å². The number of carbonyl (C=O) groups excluding carboxylic acids is 1. The molecular formula is C14H22N2O2S. The Kier molecular flexibility index (Phi) is 4.96. The third-order valence-electron chi connectivity index (χ3n) is 3.67. The number of nitrogens with zero attached hydrogens (tertiary/aromatic N) is 1. The van der Waals surface area contributed by atoms with Crippen molar-refractivity contribution in [3.8, 4) is 0 Å². The second-order valence-electron chi connectivity index (χ2n) is 4.96. The largest absolute Gasteiger partial charge is 0.385 e. The maximum atomic E-state index is 12.5. The summed E-state index contributed by atoms with van der Waals surface area (Å²) in [5.41, 5.74) is 1.18. The van der Waals surface area contributed by atoms with Crippen molar-refractivity contribution in [2.45, 2.75) is 44.9 Å². The number of rotatable bonds is 6. The number of nitrogens with one attached hydrogen (secondary N) is 1. The van der Waals surface area contributed by atoms with Crippen LogP contribution in [-0.2, 0) is 9.53 Å². The second-order valence-corrected chi connectivity index (χ2v) is 5.74. The van der Waals surface area contributed by atoms with Crippen molar-refractivity contribution in [3.63, 3.8) is 0 Å². The van der Waals surface area contributed by atoms with Crippen LogP contribution in [0.1, 0.15) is 38.4 Å². The molecule has 106 valence electrons. The molecule has 1 N–H and O–H groups in total. The Balaban J connectivity index is 2.17. The van der Waals surface area contributed by atoms with Crippen molar-refractivity contribution in [3.05, 3.63) is 22.4 Å². The molecule has 2 rings (SSSR count). The molecule has 0 aromatic carbocycles. The minimum Gasteiger partial charge on any atom is -0.385 e. The van der Waals surface area contributed by atoms with Gasteiger partial charge in [-0.05, 0) is 42.2 Å². The number of thiophene rings is 1. The smallest absolute Gasteiger partial charge is 0.241 e. The van der Waals surface area contributed by atoms with Gasteiger partial charge in [-0.3, -0.25) is 10.1 Å². The van der Waals surface area contributed by atoms with Crippen LogP contribution in [0.3, 0.4) is 0 Å². The van der Waals surface area contributed by atoms with Crippen LogP contribution in [0.4, 0.5) is 0 Å². The van der Waals surface area contributed by atoms with Gasteiger partial charge < -0.3 is 9.64 Å². The molecule has 0 bridgehead atoms. The number of amides is 1. The quantitative estimate of drug-likeness (QED) is 0.871. The predicted molar refractivity (Wildman–Crippen MR) is 77.1 cm³/mol. The molecule has 0 radical (unpaired) electrons. The summed E-state index contributed by atoms with van der Waals surface area (Å²) in [6.45, 7) is 4.82. The van der Waals surface area contributed by atoms with E-state index < -0.39 is 0 Å². The van der Waals surface area contributed by atoms with Gasteiger partial charge in [0, 0.05) is 19.8 Å². The standard InChI is InChI=1S/C14H22N2O2S/c1-4-12-14(17)16(10(2)5-7-18-3)13(15-12)11-6-8-19-9-11/h6,8-10,12-13,15H,4-5,7H2,1-3H3. The van der Waals surface area contributed by atoms with Crippen LogP contribution in [-0.4, -0.2) is 36.6 Å². The Morgan fingerprint density at radius 3 is 2.95 bits per heavy atom. The third kappa shape index (κ3) is 2.99. The van der Waals surface area contributed by atoms with Crippen LogP contribution in [0.5, 0.6) is 0 Å². The highest BCUT2D eigenvalue weighted by Crippen LogP contribution is 2.30. The van der Waals surface area contributed by atoms with Crippen molar-refractivity contribution in [1.82, 2.24) is 10.2 Å². The van der Waals surface area contributed by atoms with E-state index in [2.05, 4.69) is 29.1 Å². The summed E-state index contributed by atoms with van der Waals surface area (Å²) in [5.74, 6) is 0.210. The summed E-state index contributed by atoms with van der Waals surface area (Å²) < 4.78 is 5.13. The van der Waals surface area contributed by atoms with Gasteiger partial charge in [0.1, 0.15) is 6.17 Å². The molecule has 4 nitrogen and oxygen atoms in total. The van der Waals surface area contributed by atoms with Crippen LogP contribution < -0.4 is 5.32 Å². The predicted octanol–water partition coefficient (Wildman–Crippen LogP) is 2.38. The molecule has 19 heavy (non-hydrogen) atoms. The lowest BCUT2D eigenvalue weighted by molar-refractivity contribution is -0.132. The second kappa shape index (κ2) is 6.50. The molecule has 1 fully saturated rings. The molecule has 0 aliphatic carbocycles.